The lowest BCUT2D eigenvalue weighted by molar-refractivity contribution is 0.265. The highest BCUT2D eigenvalue weighted by molar-refractivity contribution is 5.78. The molecule has 88 valence electrons. The second-order valence-corrected chi connectivity index (χ2v) is 4.34. The van der Waals surface area contributed by atoms with Gasteiger partial charge >= 0.3 is 0 Å². The van der Waals surface area contributed by atoms with Gasteiger partial charge in [-0.3, -0.25) is 10.4 Å². The fourth-order valence-corrected chi connectivity index (χ4v) is 1.93. The Balaban J connectivity index is 2.24. The SMILES string of the molecule is CN=C(NN)NCC1CCN(C(C)C)C1. The maximum atomic E-state index is 5.29. The molecule has 5 nitrogen and oxygen atoms in total. The quantitative estimate of drug-likeness (QED) is 0.262. The van der Waals surface area contributed by atoms with E-state index in [4.69, 9.17) is 5.84 Å². The minimum atomic E-state index is 0.655. The van der Waals surface area contributed by atoms with Crippen LogP contribution in [0.2, 0.25) is 0 Å². The maximum absolute atomic E-state index is 5.29. The Labute approximate surface area is 92.1 Å². The van der Waals surface area contributed by atoms with Crippen LogP contribution < -0.4 is 16.6 Å². The number of guanidine groups is 1. The van der Waals surface area contributed by atoms with Crippen LogP contribution in [-0.2, 0) is 0 Å². The molecule has 1 rings (SSSR count). The molecule has 0 radical (unpaired) electrons. The number of hydrazine groups is 1. The highest BCUT2D eigenvalue weighted by Crippen LogP contribution is 2.17. The van der Waals surface area contributed by atoms with Crippen molar-refractivity contribution in [2.24, 2.45) is 16.8 Å². The van der Waals surface area contributed by atoms with Gasteiger partial charge in [0.25, 0.3) is 0 Å². The smallest absolute Gasteiger partial charge is 0.205 e. The van der Waals surface area contributed by atoms with Gasteiger partial charge in [0.2, 0.25) is 5.96 Å². The average Bonchev–Trinajstić information content (AvgIpc) is 2.68. The molecule has 1 aliphatic rings. The van der Waals surface area contributed by atoms with Crippen molar-refractivity contribution in [2.75, 3.05) is 26.7 Å². The Morgan fingerprint density at radius 2 is 2.33 bits per heavy atom. The molecule has 0 aromatic heterocycles. The van der Waals surface area contributed by atoms with E-state index in [-0.39, 0.29) is 0 Å². The second-order valence-electron chi connectivity index (χ2n) is 4.34. The van der Waals surface area contributed by atoms with Gasteiger partial charge in [-0.25, -0.2) is 5.84 Å². The fraction of sp³-hybridized carbons (Fsp3) is 0.900. The largest absolute Gasteiger partial charge is 0.355 e. The summed E-state index contributed by atoms with van der Waals surface area (Å²) in [6.45, 7) is 7.82. The van der Waals surface area contributed by atoms with Crippen molar-refractivity contribution < 1.29 is 0 Å². The van der Waals surface area contributed by atoms with E-state index in [1.54, 1.807) is 7.05 Å². The van der Waals surface area contributed by atoms with Crippen LogP contribution >= 0.6 is 0 Å². The van der Waals surface area contributed by atoms with Crippen molar-refractivity contribution in [3.8, 4) is 0 Å². The highest BCUT2D eigenvalue weighted by Gasteiger charge is 2.23. The summed E-state index contributed by atoms with van der Waals surface area (Å²) in [6.07, 6.45) is 1.26. The number of nitrogens with two attached hydrogens (primary N) is 1. The molecule has 0 aromatic carbocycles. The number of hydrogen-bond acceptors (Lipinski definition) is 3. The van der Waals surface area contributed by atoms with E-state index < -0.39 is 0 Å². The molecule has 0 amide bonds. The molecule has 1 atom stereocenters. The van der Waals surface area contributed by atoms with Crippen molar-refractivity contribution in [1.29, 1.82) is 0 Å². The number of nitrogens with zero attached hydrogens (tertiary/aromatic N) is 2. The minimum Gasteiger partial charge on any atom is -0.355 e. The zero-order valence-corrected chi connectivity index (χ0v) is 9.95. The zero-order valence-electron chi connectivity index (χ0n) is 9.95. The Hall–Kier alpha value is -0.810. The van der Waals surface area contributed by atoms with E-state index in [0.29, 0.717) is 17.9 Å². The number of likely N-dealkylation sites (tertiary alicyclic amines) is 1. The molecule has 0 spiro atoms. The van der Waals surface area contributed by atoms with Crippen molar-refractivity contribution in [1.82, 2.24) is 15.6 Å². The highest BCUT2D eigenvalue weighted by atomic mass is 15.3. The Kier molecular flexibility index (Phi) is 4.84. The van der Waals surface area contributed by atoms with Gasteiger partial charge < -0.3 is 10.2 Å². The summed E-state index contributed by atoms with van der Waals surface area (Å²) in [5.74, 6) is 6.66. The van der Waals surface area contributed by atoms with E-state index >= 15 is 0 Å². The maximum Gasteiger partial charge on any atom is 0.205 e. The molecule has 1 saturated heterocycles. The Bertz CT molecular complexity index is 214. The molecule has 0 bridgehead atoms. The van der Waals surface area contributed by atoms with Gasteiger partial charge in [0.05, 0.1) is 0 Å². The van der Waals surface area contributed by atoms with Crippen molar-refractivity contribution in [3.05, 3.63) is 0 Å². The third kappa shape index (κ3) is 3.68. The van der Waals surface area contributed by atoms with Crippen LogP contribution in [0.4, 0.5) is 0 Å². The minimum absolute atomic E-state index is 0.655. The monoisotopic (exact) mass is 213 g/mol. The van der Waals surface area contributed by atoms with E-state index in [2.05, 4.69) is 34.5 Å². The molecule has 1 heterocycles. The summed E-state index contributed by atoms with van der Waals surface area (Å²) in [4.78, 5) is 6.48. The summed E-state index contributed by atoms with van der Waals surface area (Å²) in [5.41, 5.74) is 2.53. The number of aliphatic imine (C=N–C) groups is 1. The van der Waals surface area contributed by atoms with Crippen LogP contribution in [0.15, 0.2) is 4.99 Å². The topological polar surface area (TPSA) is 65.7 Å². The van der Waals surface area contributed by atoms with Gasteiger partial charge in [0.1, 0.15) is 0 Å². The molecule has 15 heavy (non-hydrogen) atoms. The van der Waals surface area contributed by atoms with Gasteiger partial charge in [-0.15, -0.1) is 0 Å². The average molecular weight is 213 g/mol. The molecule has 1 aliphatic heterocycles. The fourth-order valence-electron chi connectivity index (χ4n) is 1.93. The van der Waals surface area contributed by atoms with Gasteiger partial charge in [-0.2, -0.15) is 0 Å². The van der Waals surface area contributed by atoms with Crippen molar-refractivity contribution >= 4 is 5.96 Å². The summed E-state index contributed by atoms with van der Waals surface area (Å²) in [5, 5.41) is 3.21. The molecular weight excluding hydrogens is 190 g/mol. The zero-order chi connectivity index (χ0) is 11.3. The van der Waals surface area contributed by atoms with Crippen molar-refractivity contribution in [3.63, 3.8) is 0 Å². The molecule has 0 aromatic rings. The normalized spacial score (nSPS) is 23.5. The van der Waals surface area contributed by atoms with E-state index in [1.165, 1.54) is 19.5 Å². The molecule has 5 heteroatoms. The second kappa shape index (κ2) is 5.92. The van der Waals surface area contributed by atoms with Gasteiger partial charge in [-0.05, 0) is 32.7 Å². The molecule has 0 saturated carbocycles. The molecule has 1 fully saturated rings. The van der Waals surface area contributed by atoms with Crippen LogP contribution in [0.3, 0.4) is 0 Å². The third-order valence-electron chi connectivity index (χ3n) is 2.97. The lowest BCUT2D eigenvalue weighted by Gasteiger charge is -2.20. The summed E-state index contributed by atoms with van der Waals surface area (Å²) in [7, 11) is 1.72. The van der Waals surface area contributed by atoms with E-state index in [0.717, 1.165) is 6.54 Å². The van der Waals surface area contributed by atoms with Crippen molar-refractivity contribution in [2.45, 2.75) is 26.3 Å². The van der Waals surface area contributed by atoms with Gasteiger partial charge in [-0.1, -0.05) is 0 Å². The first-order chi connectivity index (χ1) is 7.17. The molecule has 4 N–H and O–H groups in total. The first-order valence-electron chi connectivity index (χ1n) is 5.58. The lowest BCUT2D eigenvalue weighted by Crippen LogP contribution is -2.43. The van der Waals surface area contributed by atoms with Crippen LogP contribution in [0.5, 0.6) is 0 Å². The number of hydrogen-bond donors (Lipinski definition) is 3. The third-order valence-corrected chi connectivity index (χ3v) is 2.97. The van der Waals surface area contributed by atoms with E-state index in [9.17, 15) is 0 Å². The number of nitrogens with one attached hydrogen (secondary N) is 2. The first kappa shape index (κ1) is 12.3. The van der Waals surface area contributed by atoms with Crippen LogP contribution in [0.1, 0.15) is 20.3 Å². The molecular formula is C10H23N5. The Morgan fingerprint density at radius 3 is 2.80 bits per heavy atom. The number of rotatable bonds is 3. The summed E-state index contributed by atoms with van der Waals surface area (Å²) in [6, 6.07) is 0.655. The van der Waals surface area contributed by atoms with Gasteiger partial charge in [0.15, 0.2) is 0 Å². The predicted octanol–water partition coefficient (Wildman–Crippen LogP) is -0.245. The van der Waals surface area contributed by atoms with Crippen LogP contribution in [0, 0.1) is 5.92 Å². The summed E-state index contributed by atoms with van der Waals surface area (Å²) < 4.78 is 0. The van der Waals surface area contributed by atoms with Crippen LogP contribution in [0.25, 0.3) is 0 Å². The molecule has 0 aliphatic carbocycles. The predicted molar refractivity (Wildman–Crippen MR) is 63.5 cm³/mol. The van der Waals surface area contributed by atoms with E-state index in [1.807, 2.05) is 0 Å². The van der Waals surface area contributed by atoms with Crippen LogP contribution in [-0.4, -0.2) is 43.6 Å². The first-order valence-corrected chi connectivity index (χ1v) is 5.58. The standard InChI is InChI=1S/C10H23N5/c1-8(2)15-5-4-9(7-15)6-13-10(12-3)14-11/h8-9H,4-7,11H2,1-3H3,(H2,12,13,14). The Morgan fingerprint density at radius 1 is 1.60 bits per heavy atom. The lowest BCUT2D eigenvalue weighted by atomic mass is 10.1. The van der Waals surface area contributed by atoms with Gasteiger partial charge in [0, 0.05) is 26.2 Å². The molecule has 1 unspecified atom stereocenters. The summed E-state index contributed by atoms with van der Waals surface area (Å²) >= 11 is 0.